The highest BCUT2D eigenvalue weighted by molar-refractivity contribution is 5.72. The maximum absolute atomic E-state index is 9.70. The van der Waals surface area contributed by atoms with Crippen molar-refractivity contribution >= 4 is 17.3 Å². The lowest BCUT2D eigenvalue weighted by Gasteiger charge is -1.94. The summed E-state index contributed by atoms with van der Waals surface area (Å²) in [6.45, 7) is 1.47. The van der Waals surface area contributed by atoms with Crippen LogP contribution in [0.25, 0.3) is 0 Å². The van der Waals surface area contributed by atoms with E-state index < -0.39 is 0 Å². The Morgan fingerprint density at radius 1 is 1.23 bits per heavy atom. The van der Waals surface area contributed by atoms with Crippen molar-refractivity contribution in [1.29, 1.82) is 0 Å². The highest BCUT2D eigenvalue weighted by atomic mass is 16.1. The molecule has 72 valence electrons. The van der Waals surface area contributed by atoms with Gasteiger partial charge in [0.2, 0.25) is 5.91 Å². The molecule has 0 fully saturated rings. The number of carbonyl (C=O) groups is 1. The van der Waals surface area contributed by atoms with Crippen LogP contribution in [0.5, 0.6) is 0 Å². The van der Waals surface area contributed by atoms with Crippen LogP contribution < -0.4 is 16.8 Å². The van der Waals surface area contributed by atoms with Crippen LogP contribution in [0.4, 0.5) is 11.4 Å². The number of amides is 1. The van der Waals surface area contributed by atoms with Crippen molar-refractivity contribution in [2.45, 2.75) is 6.92 Å². The van der Waals surface area contributed by atoms with Gasteiger partial charge in [-0.2, -0.15) is 0 Å². The third-order valence-electron chi connectivity index (χ3n) is 1.35. The third-order valence-corrected chi connectivity index (χ3v) is 1.35. The van der Waals surface area contributed by atoms with E-state index in [2.05, 4.69) is 5.32 Å². The predicted octanol–water partition coefficient (Wildman–Crippen LogP) is 0.603. The number of hydrogen-bond donors (Lipinski definition) is 3. The fraction of sp³-hybridized carbons (Fsp3) is 0.222. The Bertz CT molecular complexity index is 252. The van der Waals surface area contributed by atoms with E-state index in [0.29, 0.717) is 11.4 Å². The van der Waals surface area contributed by atoms with E-state index >= 15 is 0 Å². The molecule has 0 saturated heterocycles. The predicted molar refractivity (Wildman–Crippen MR) is 55.0 cm³/mol. The molecule has 0 bridgehead atoms. The molecule has 0 spiro atoms. The molecular weight excluding hydrogens is 166 g/mol. The van der Waals surface area contributed by atoms with Crippen LogP contribution in [0.3, 0.4) is 0 Å². The molecule has 0 aliphatic carbocycles. The lowest BCUT2D eigenvalue weighted by molar-refractivity contribution is -0.118. The molecule has 0 unspecified atom stereocenters. The number of nitrogens with two attached hydrogens (primary N) is 2. The van der Waals surface area contributed by atoms with Gasteiger partial charge in [0.05, 0.1) is 11.4 Å². The standard InChI is InChI=1S/C6H8N2.C3H7NO/c7-5-3-1-2-4-6(5)8;1-3(5)4-2/h1-4H,7-8H2;1-2H3,(H,4,5). The second-order valence-corrected chi connectivity index (χ2v) is 2.44. The summed E-state index contributed by atoms with van der Waals surface area (Å²) in [6, 6.07) is 7.25. The van der Waals surface area contributed by atoms with Crippen molar-refractivity contribution in [3.05, 3.63) is 24.3 Å². The highest BCUT2D eigenvalue weighted by Gasteiger charge is 1.85. The lowest BCUT2D eigenvalue weighted by Crippen LogP contribution is -2.11. The minimum Gasteiger partial charge on any atom is -0.397 e. The summed E-state index contributed by atoms with van der Waals surface area (Å²) in [5, 5.41) is 2.39. The molecule has 0 aliphatic heterocycles. The lowest BCUT2D eigenvalue weighted by atomic mass is 10.3. The van der Waals surface area contributed by atoms with E-state index in [0.717, 1.165) is 0 Å². The zero-order chi connectivity index (χ0) is 10.3. The Morgan fingerprint density at radius 3 is 1.69 bits per heavy atom. The SMILES string of the molecule is CNC(C)=O.Nc1ccccc1N. The van der Waals surface area contributed by atoms with E-state index in [4.69, 9.17) is 11.5 Å². The second-order valence-electron chi connectivity index (χ2n) is 2.44. The Labute approximate surface area is 77.9 Å². The zero-order valence-corrected chi connectivity index (χ0v) is 7.87. The van der Waals surface area contributed by atoms with Gasteiger partial charge in [0.15, 0.2) is 0 Å². The van der Waals surface area contributed by atoms with Gasteiger partial charge in [0.1, 0.15) is 0 Å². The average molecular weight is 181 g/mol. The first kappa shape index (κ1) is 11.3. The van der Waals surface area contributed by atoms with E-state index in [-0.39, 0.29) is 5.91 Å². The first-order valence-corrected chi connectivity index (χ1v) is 3.86. The molecule has 0 saturated carbocycles. The first-order valence-electron chi connectivity index (χ1n) is 3.86. The van der Waals surface area contributed by atoms with Crippen molar-refractivity contribution in [1.82, 2.24) is 5.32 Å². The number of para-hydroxylation sites is 2. The maximum Gasteiger partial charge on any atom is 0.216 e. The number of carbonyl (C=O) groups excluding carboxylic acids is 1. The third kappa shape index (κ3) is 5.55. The number of benzene rings is 1. The van der Waals surface area contributed by atoms with Gasteiger partial charge >= 0.3 is 0 Å². The van der Waals surface area contributed by atoms with Crippen molar-refractivity contribution in [3.63, 3.8) is 0 Å². The Balaban J connectivity index is 0.000000252. The summed E-state index contributed by atoms with van der Waals surface area (Å²) >= 11 is 0. The number of rotatable bonds is 0. The molecule has 0 aliphatic rings. The molecule has 0 heterocycles. The van der Waals surface area contributed by atoms with Crippen LogP contribution >= 0.6 is 0 Å². The molecule has 1 rings (SSSR count). The molecule has 13 heavy (non-hydrogen) atoms. The monoisotopic (exact) mass is 181 g/mol. The zero-order valence-electron chi connectivity index (χ0n) is 7.87. The quantitative estimate of drug-likeness (QED) is 0.513. The highest BCUT2D eigenvalue weighted by Crippen LogP contribution is 2.10. The van der Waals surface area contributed by atoms with E-state index in [1.54, 1.807) is 19.2 Å². The molecule has 1 aromatic carbocycles. The largest absolute Gasteiger partial charge is 0.397 e. The van der Waals surface area contributed by atoms with Crippen molar-refractivity contribution in [3.8, 4) is 0 Å². The van der Waals surface area contributed by atoms with Crippen LogP contribution in [-0.2, 0) is 4.79 Å². The second kappa shape index (κ2) is 5.88. The summed E-state index contributed by atoms with van der Waals surface area (Å²) in [4.78, 5) is 9.70. The van der Waals surface area contributed by atoms with E-state index in [1.165, 1.54) is 6.92 Å². The van der Waals surface area contributed by atoms with Gasteiger partial charge in [0, 0.05) is 14.0 Å². The number of anilines is 2. The molecule has 5 N–H and O–H groups in total. The van der Waals surface area contributed by atoms with Gasteiger partial charge in [-0.1, -0.05) is 12.1 Å². The molecule has 0 aromatic heterocycles. The topological polar surface area (TPSA) is 81.1 Å². The first-order chi connectivity index (χ1) is 6.07. The van der Waals surface area contributed by atoms with Crippen LogP contribution in [0.15, 0.2) is 24.3 Å². The van der Waals surface area contributed by atoms with Gasteiger partial charge < -0.3 is 16.8 Å². The van der Waals surface area contributed by atoms with Gasteiger partial charge in [0.25, 0.3) is 0 Å². The van der Waals surface area contributed by atoms with E-state index in [9.17, 15) is 4.79 Å². The van der Waals surface area contributed by atoms with Crippen LogP contribution in [0, 0.1) is 0 Å². The Morgan fingerprint density at radius 2 is 1.54 bits per heavy atom. The van der Waals surface area contributed by atoms with Crippen molar-refractivity contribution in [2.75, 3.05) is 18.5 Å². The molecule has 4 nitrogen and oxygen atoms in total. The summed E-state index contributed by atoms with van der Waals surface area (Å²) in [5.74, 6) is 0.00463. The van der Waals surface area contributed by atoms with Crippen molar-refractivity contribution < 1.29 is 4.79 Å². The molecule has 0 radical (unpaired) electrons. The van der Waals surface area contributed by atoms with Gasteiger partial charge in [-0.15, -0.1) is 0 Å². The number of nitrogen functional groups attached to an aromatic ring is 2. The Hall–Kier alpha value is -1.71. The molecule has 1 amide bonds. The average Bonchev–Trinajstić information content (AvgIpc) is 2.11. The maximum atomic E-state index is 9.70. The van der Waals surface area contributed by atoms with Gasteiger partial charge in [-0.3, -0.25) is 4.79 Å². The summed E-state index contributed by atoms with van der Waals surface area (Å²) < 4.78 is 0. The molecule has 4 heteroatoms. The van der Waals surface area contributed by atoms with E-state index in [1.807, 2.05) is 12.1 Å². The van der Waals surface area contributed by atoms with Gasteiger partial charge in [-0.25, -0.2) is 0 Å². The fourth-order valence-electron chi connectivity index (χ4n) is 0.511. The minimum absolute atomic E-state index is 0.00463. The minimum atomic E-state index is 0.00463. The van der Waals surface area contributed by atoms with Crippen LogP contribution in [0.1, 0.15) is 6.92 Å². The normalized spacial score (nSPS) is 8.15. The molecule has 0 atom stereocenters. The van der Waals surface area contributed by atoms with Gasteiger partial charge in [-0.05, 0) is 12.1 Å². The summed E-state index contributed by atoms with van der Waals surface area (Å²) in [6.07, 6.45) is 0. The summed E-state index contributed by atoms with van der Waals surface area (Å²) in [5.41, 5.74) is 12.1. The molecule has 1 aromatic rings. The van der Waals surface area contributed by atoms with Crippen LogP contribution in [-0.4, -0.2) is 13.0 Å². The number of hydrogen-bond acceptors (Lipinski definition) is 3. The van der Waals surface area contributed by atoms with Crippen LogP contribution in [0.2, 0.25) is 0 Å². The number of nitrogens with one attached hydrogen (secondary N) is 1. The smallest absolute Gasteiger partial charge is 0.216 e. The van der Waals surface area contributed by atoms with Crippen molar-refractivity contribution in [2.24, 2.45) is 0 Å². The fourth-order valence-corrected chi connectivity index (χ4v) is 0.511. The summed E-state index contributed by atoms with van der Waals surface area (Å²) in [7, 11) is 1.60. The molecular formula is C9H15N3O. The Kier molecular flexibility index (Phi) is 5.11.